The Morgan fingerprint density at radius 3 is 2.50 bits per heavy atom. The molecule has 0 aromatic heterocycles. The fourth-order valence-corrected chi connectivity index (χ4v) is 3.05. The van der Waals surface area contributed by atoms with Crippen LogP contribution in [0.3, 0.4) is 0 Å². The summed E-state index contributed by atoms with van der Waals surface area (Å²) in [7, 11) is -3.27. The Labute approximate surface area is 97.6 Å². The highest BCUT2D eigenvalue weighted by molar-refractivity contribution is 7.87. The first-order valence-corrected chi connectivity index (χ1v) is 7.22. The van der Waals surface area contributed by atoms with E-state index in [1.807, 2.05) is 6.07 Å². The topological polar surface area (TPSA) is 73.2 Å². The number of nitrogens with one attached hydrogen (secondary N) is 1. The lowest BCUT2D eigenvalue weighted by Crippen LogP contribution is -2.43. The Balaban J connectivity index is 2.25. The summed E-state index contributed by atoms with van der Waals surface area (Å²) in [6.07, 6.45) is 4.99. The predicted molar refractivity (Wildman–Crippen MR) is 61.8 cm³/mol. The van der Waals surface area contributed by atoms with Gasteiger partial charge in [-0.3, -0.25) is 0 Å². The van der Waals surface area contributed by atoms with E-state index in [0.717, 1.165) is 32.1 Å². The van der Waals surface area contributed by atoms with Gasteiger partial charge in [0.15, 0.2) is 0 Å². The first kappa shape index (κ1) is 13.4. The standard InChI is InChI=1S/C10H19N3O2S/c11-7-3-1-4-8-12-16(14,15)13-9-5-2-6-10-13/h12H,1-6,8-10H2. The van der Waals surface area contributed by atoms with Crippen molar-refractivity contribution in [3.63, 3.8) is 0 Å². The molecule has 0 bridgehead atoms. The van der Waals surface area contributed by atoms with Gasteiger partial charge in [0.05, 0.1) is 6.07 Å². The molecule has 6 heteroatoms. The van der Waals surface area contributed by atoms with Crippen molar-refractivity contribution in [3.8, 4) is 6.07 Å². The fraction of sp³-hybridized carbons (Fsp3) is 0.900. The highest BCUT2D eigenvalue weighted by Crippen LogP contribution is 2.11. The smallest absolute Gasteiger partial charge is 0.202 e. The molecule has 92 valence electrons. The maximum absolute atomic E-state index is 11.8. The molecule has 0 aliphatic carbocycles. The van der Waals surface area contributed by atoms with Gasteiger partial charge < -0.3 is 0 Å². The van der Waals surface area contributed by atoms with Crippen molar-refractivity contribution in [2.24, 2.45) is 0 Å². The van der Waals surface area contributed by atoms with Crippen molar-refractivity contribution in [2.75, 3.05) is 19.6 Å². The summed E-state index contributed by atoms with van der Waals surface area (Å²) < 4.78 is 27.6. The van der Waals surface area contributed by atoms with Crippen LogP contribution in [-0.2, 0) is 10.2 Å². The van der Waals surface area contributed by atoms with Gasteiger partial charge in [0.1, 0.15) is 0 Å². The third-order valence-corrected chi connectivity index (χ3v) is 4.27. The molecule has 1 rings (SSSR count). The molecule has 1 heterocycles. The number of hydrogen-bond donors (Lipinski definition) is 1. The minimum absolute atomic E-state index is 0.431. The summed E-state index contributed by atoms with van der Waals surface area (Å²) in [5.74, 6) is 0. The van der Waals surface area contributed by atoms with E-state index in [0.29, 0.717) is 26.1 Å². The van der Waals surface area contributed by atoms with Gasteiger partial charge in [0.25, 0.3) is 10.2 Å². The number of nitriles is 1. The first-order chi connectivity index (χ1) is 7.67. The van der Waals surface area contributed by atoms with Gasteiger partial charge in [-0.25, -0.2) is 4.72 Å². The van der Waals surface area contributed by atoms with Gasteiger partial charge in [-0.1, -0.05) is 6.42 Å². The molecule has 0 saturated carbocycles. The number of unbranched alkanes of at least 4 members (excludes halogenated alkanes) is 2. The summed E-state index contributed by atoms with van der Waals surface area (Å²) in [6.45, 7) is 1.70. The van der Waals surface area contributed by atoms with Crippen LogP contribution in [0, 0.1) is 11.3 Å². The first-order valence-electron chi connectivity index (χ1n) is 5.78. The predicted octanol–water partition coefficient (Wildman–Crippen LogP) is 1.00. The maximum atomic E-state index is 11.8. The summed E-state index contributed by atoms with van der Waals surface area (Å²) in [4.78, 5) is 0. The molecule has 0 aromatic carbocycles. The van der Waals surface area contributed by atoms with Crippen LogP contribution in [-0.4, -0.2) is 32.4 Å². The van der Waals surface area contributed by atoms with Crippen molar-refractivity contribution < 1.29 is 8.42 Å². The number of rotatable bonds is 6. The zero-order chi connectivity index (χ0) is 11.9. The van der Waals surface area contributed by atoms with E-state index in [2.05, 4.69) is 4.72 Å². The molecule has 1 saturated heterocycles. The summed E-state index contributed by atoms with van der Waals surface area (Å²) in [5.41, 5.74) is 0. The van der Waals surface area contributed by atoms with Crippen molar-refractivity contribution >= 4 is 10.2 Å². The molecule has 1 aliphatic rings. The zero-order valence-electron chi connectivity index (χ0n) is 9.48. The number of nitrogens with zero attached hydrogens (tertiary/aromatic N) is 2. The average Bonchev–Trinajstić information content (AvgIpc) is 2.30. The molecule has 0 atom stereocenters. The van der Waals surface area contributed by atoms with Gasteiger partial charge >= 0.3 is 0 Å². The highest BCUT2D eigenvalue weighted by atomic mass is 32.2. The van der Waals surface area contributed by atoms with Crippen molar-refractivity contribution in [1.82, 2.24) is 9.03 Å². The zero-order valence-corrected chi connectivity index (χ0v) is 10.3. The molecule has 0 aromatic rings. The van der Waals surface area contributed by atoms with E-state index in [-0.39, 0.29) is 0 Å². The molecule has 0 amide bonds. The molecule has 0 unspecified atom stereocenters. The Morgan fingerprint density at radius 2 is 1.88 bits per heavy atom. The van der Waals surface area contributed by atoms with Crippen LogP contribution in [0.4, 0.5) is 0 Å². The molecule has 0 radical (unpaired) electrons. The molecular formula is C10H19N3O2S. The van der Waals surface area contributed by atoms with Crippen molar-refractivity contribution in [1.29, 1.82) is 5.26 Å². The van der Waals surface area contributed by atoms with E-state index < -0.39 is 10.2 Å². The largest absolute Gasteiger partial charge is 0.279 e. The average molecular weight is 245 g/mol. The van der Waals surface area contributed by atoms with Crippen molar-refractivity contribution in [2.45, 2.75) is 38.5 Å². The Morgan fingerprint density at radius 1 is 1.19 bits per heavy atom. The lowest BCUT2D eigenvalue weighted by molar-refractivity contribution is 0.341. The van der Waals surface area contributed by atoms with E-state index >= 15 is 0 Å². The second kappa shape index (κ2) is 6.84. The quantitative estimate of drug-likeness (QED) is 0.709. The third-order valence-electron chi connectivity index (χ3n) is 2.65. The third kappa shape index (κ3) is 4.47. The highest BCUT2D eigenvalue weighted by Gasteiger charge is 2.22. The van der Waals surface area contributed by atoms with Gasteiger partial charge in [-0.05, 0) is 25.7 Å². The van der Waals surface area contributed by atoms with E-state index in [9.17, 15) is 8.42 Å². The minimum Gasteiger partial charge on any atom is -0.202 e. The van der Waals surface area contributed by atoms with Gasteiger partial charge in [-0.15, -0.1) is 0 Å². The normalized spacial score (nSPS) is 18.2. The molecule has 16 heavy (non-hydrogen) atoms. The molecule has 1 fully saturated rings. The second-order valence-corrected chi connectivity index (χ2v) is 5.73. The van der Waals surface area contributed by atoms with Crippen LogP contribution in [0.25, 0.3) is 0 Å². The molecule has 1 N–H and O–H groups in total. The van der Waals surface area contributed by atoms with E-state index in [1.54, 1.807) is 0 Å². The molecule has 5 nitrogen and oxygen atoms in total. The van der Waals surface area contributed by atoms with Crippen LogP contribution < -0.4 is 4.72 Å². The Kier molecular flexibility index (Phi) is 5.74. The number of piperidine rings is 1. The fourth-order valence-electron chi connectivity index (χ4n) is 1.73. The SMILES string of the molecule is N#CCCCCNS(=O)(=O)N1CCCCC1. The van der Waals surface area contributed by atoms with Crippen LogP contribution in [0.5, 0.6) is 0 Å². The Bertz CT molecular complexity index is 328. The maximum Gasteiger partial charge on any atom is 0.279 e. The Hall–Kier alpha value is -0.640. The monoisotopic (exact) mass is 245 g/mol. The van der Waals surface area contributed by atoms with Crippen LogP contribution in [0.2, 0.25) is 0 Å². The van der Waals surface area contributed by atoms with Gasteiger partial charge in [0, 0.05) is 26.1 Å². The summed E-state index contributed by atoms with van der Waals surface area (Å²) in [6, 6.07) is 2.04. The van der Waals surface area contributed by atoms with Crippen LogP contribution >= 0.6 is 0 Å². The van der Waals surface area contributed by atoms with Crippen LogP contribution in [0.1, 0.15) is 38.5 Å². The lowest BCUT2D eigenvalue weighted by atomic mass is 10.2. The van der Waals surface area contributed by atoms with Gasteiger partial charge in [-0.2, -0.15) is 18.0 Å². The summed E-state index contributed by atoms with van der Waals surface area (Å²) in [5, 5.41) is 8.33. The molecule has 0 spiro atoms. The number of hydrogen-bond acceptors (Lipinski definition) is 3. The molecular weight excluding hydrogens is 226 g/mol. The van der Waals surface area contributed by atoms with E-state index in [1.165, 1.54) is 4.31 Å². The van der Waals surface area contributed by atoms with E-state index in [4.69, 9.17) is 5.26 Å². The molecule has 1 aliphatic heterocycles. The van der Waals surface area contributed by atoms with Crippen LogP contribution in [0.15, 0.2) is 0 Å². The summed E-state index contributed by atoms with van der Waals surface area (Å²) >= 11 is 0. The van der Waals surface area contributed by atoms with Crippen molar-refractivity contribution in [3.05, 3.63) is 0 Å². The second-order valence-electron chi connectivity index (χ2n) is 3.97. The minimum atomic E-state index is -3.27. The van der Waals surface area contributed by atoms with Gasteiger partial charge in [0.2, 0.25) is 0 Å². The lowest BCUT2D eigenvalue weighted by Gasteiger charge is -2.25.